The predicted octanol–water partition coefficient (Wildman–Crippen LogP) is 2.49. The molecule has 7 heteroatoms. The van der Waals surface area contributed by atoms with Crippen molar-refractivity contribution in [2.75, 3.05) is 26.8 Å². The Morgan fingerprint density at radius 3 is 2.59 bits per heavy atom. The summed E-state index contributed by atoms with van der Waals surface area (Å²) >= 11 is 0. The maximum Gasteiger partial charge on any atom is 0.318 e. The van der Waals surface area contributed by atoms with Crippen LogP contribution in [0.4, 0.5) is 0 Å². The highest BCUT2D eigenvalue weighted by molar-refractivity contribution is 7.64. The van der Waals surface area contributed by atoms with Crippen LogP contribution < -0.4 is 10.0 Å². The Bertz CT molecular complexity index is 545. The number of rotatable bonds is 4. The van der Waals surface area contributed by atoms with E-state index in [-0.39, 0.29) is 6.54 Å². The molecule has 6 nitrogen and oxygen atoms in total. The number of carbonyl (C=O) groups is 1. The normalized spacial score (nSPS) is 24.0. The highest BCUT2D eigenvalue weighted by atomic mass is 31.2. The van der Waals surface area contributed by atoms with Crippen LogP contribution >= 0.6 is 7.52 Å². The van der Waals surface area contributed by atoms with Gasteiger partial charge in [0.2, 0.25) is 0 Å². The molecule has 1 N–H and O–H groups in total. The van der Waals surface area contributed by atoms with Gasteiger partial charge in [-0.2, -0.15) is 0 Å². The summed E-state index contributed by atoms with van der Waals surface area (Å²) in [5, 5.41) is 9.63. The molecule has 1 fully saturated rings. The third kappa shape index (κ3) is 4.09. The fourth-order valence-electron chi connectivity index (χ4n) is 2.49. The van der Waals surface area contributed by atoms with E-state index < -0.39 is 13.5 Å². The minimum Gasteiger partial charge on any atom is -0.497 e. The van der Waals surface area contributed by atoms with E-state index in [0.29, 0.717) is 24.2 Å². The second-order valence-corrected chi connectivity index (χ2v) is 7.63. The lowest BCUT2D eigenvalue weighted by Gasteiger charge is -2.29. The second-order valence-electron chi connectivity index (χ2n) is 5.25. The van der Waals surface area contributed by atoms with Crippen molar-refractivity contribution >= 4 is 18.8 Å². The number of aliphatic carboxylic acids is 1. The summed E-state index contributed by atoms with van der Waals surface area (Å²) < 4.78 is 25.7. The van der Waals surface area contributed by atoms with Crippen LogP contribution in [-0.2, 0) is 13.9 Å². The fraction of sp³-hybridized carbons (Fsp3) is 0.533. The molecule has 22 heavy (non-hydrogen) atoms. The third-order valence-corrected chi connectivity index (χ3v) is 6.24. The lowest BCUT2D eigenvalue weighted by molar-refractivity contribution is -0.137. The first-order valence-corrected chi connectivity index (χ1v) is 9.00. The van der Waals surface area contributed by atoms with Crippen LogP contribution in [0.5, 0.6) is 5.75 Å². The van der Waals surface area contributed by atoms with E-state index in [1.54, 1.807) is 31.4 Å². The van der Waals surface area contributed by atoms with Crippen LogP contribution in [0.1, 0.15) is 25.7 Å². The lowest BCUT2D eigenvalue weighted by Crippen LogP contribution is -2.33. The highest BCUT2D eigenvalue weighted by Crippen LogP contribution is 2.50. The minimum absolute atomic E-state index is 0.288. The summed E-state index contributed by atoms with van der Waals surface area (Å²) in [5.74, 6) is -0.346. The third-order valence-electron chi connectivity index (χ3n) is 3.67. The Hall–Kier alpha value is -1.36. The molecule has 0 aliphatic carbocycles. The quantitative estimate of drug-likeness (QED) is 0.856. The zero-order valence-corrected chi connectivity index (χ0v) is 13.6. The van der Waals surface area contributed by atoms with Crippen molar-refractivity contribution < 1.29 is 23.7 Å². The molecule has 0 bridgehead atoms. The largest absolute Gasteiger partial charge is 0.497 e. The SMILES string of the molecule is COc1ccc(P2(=O)OCCCCCCN2CC(=O)O)cc1. The van der Waals surface area contributed by atoms with Gasteiger partial charge in [0.15, 0.2) is 0 Å². The van der Waals surface area contributed by atoms with Gasteiger partial charge < -0.3 is 14.4 Å². The van der Waals surface area contributed by atoms with Gasteiger partial charge in [0.05, 0.1) is 19.0 Å². The number of methoxy groups -OCH3 is 1. The maximum absolute atomic E-state index is 13.4. The smallest absolute Gasteiger partial charge is 0.318 e. The molecular weight excluding hydrogens is 305 g/mol. The van der Waals surface area contributed by atoms with Crippen LogP contribution in [0, 0.1) is 0 Å². The van der Waals surface area contributed by atoms with Gasteiger partial charge >= 0.3 is 13.5 Å². The summed E-state index contributed by atoms with van der Waals surface area (Å²) in [6.45, 7) is 0.540. The van der Waals surface area contributed by atoms with Crippen molar-refractivity contribution in [2.45, 2.75) is 25.7 Å². The molecule has 0 saturated carbocycles. The first-order chi connectivity index (χ1) is 10.6. The van der Waals surface area contributed by atoms with Gasteiger partial charge in [-0.15, -0.1) is 0 Å². The van der Waals surface area contributed by atoms with E-state index in [4.69, 9.17) is 14.4 Å². The molecule has 1 aliphatic rings. The van der Waals surface area contributed by atoms with Gasteiger partial charge in [-0.1, -0.05) is 12.8 Å². The van der Waals surface area contributed by atoms with Crippen molar-refractivity contribution in [3.8, 4) is 5.75 Å². The van der Waals surface area contributed by atoms with Gasteiger partial charge in [-0.05, 0) is 37.1 Å². The number of nitrogens with zero attached hydrogens (tertiary/aromatic N) is 1. The number of carboxylic acids is 1. The molecule has 1 saturated heterocycles. The lowest BCUT2D eigenvalue weighted by atomic mass is 10.2. The Morgan fingerprint density at radius 2 is 1.95 bits per heavy atom. The number of carboxylic acid groups (broad SMARTS) is 1. The van der Waals surface area contributed by atoms with E-state index >= 15 is 0 Å². The Labute approximate surface area is 130 Å². The molecule has 1 aromatic rings. The number of hydrogen-bond donors (Lipinski definition) is 1. The average Bonchev–Trinajstić information content (AvgIpc) is 2.60. The fourth-order valence-corrected chi connectivity index (χ4v) is 4.74. The Morgan fingerprint density at radius 1 is 1.27 bits per heavy atom. The predicted molar refractivity (Wildman–Crippen MR) is 83.9 cm³/mol. The van der Waals surface area contributed by atoms with Crippen molar-refractivity contribution in [1.29, 1.82) is 0 Å². The van der Waals surface area contributed by atoms with Crippen molar-refractivity contribution in [3.63, 3.8) is 0 Å². The minimum atomic E-state index is -3.36. The molecule has 0 radical (unpaired) electrons. The van der Waals surface area contributed by atoms with Crippen LogP contribution in [-0.4, -0.2) is 42.6 Å². The monoisotopic (exact) mass is 327 g/mol. The van der Waals surface area contributed by atoms with Gasteiger partial charge in [0.1, 0.15) is 12.3 Å². The summed E-state index contributed by atoms with van der Waals surface area (Å²) in [5.41, 5.74) is 0. The first-order valence-electron chi connectivity index (χ1n) is 7.42. The van der Waals surface area contributed by atoms with Gasteiger partial charge in [-0.25, -0.2) is 4.67 Å². The zero-order chi connectivity index (χ0) is 16.0. The van der Waals surface area contributed by atoms with E-state index in [2.05, 4.69) is 0 Å². The van der Waals surface area contributed by atoms with Crippen LogP contribution in [0.2, 0.25) is 0 Å². The van der Waals surface area contributed by atoms with Gasteiger partial charge in [0.25, 0.3) is 0 Å². The molecule has 1 atom stereocenters. The van der Waals surface area contributed by atoms with Crippen molar-refractivity contribution in [2.24, 2.45) is 0 Å². The van der Waals surface area contributed by atoms with E-state index in [1.807, 2.05) is 0 Å². The summed E-state index contributed by atoms with van der Waals surface area (Å²) in [7, 11) is -1.80. The number of benzene rings is 1. The molecule has 1 aromatic carbocycles. The second kappa shape index (κ2) is 7.77. The summed E-state index contributed by atoms with van der Waals surface area (Å²) in [6, 6.07) is 6.80. The van der Waals surface area contributed by atoms with Crippen LogP contribution in [0.3, 0.4) is 0 Å². The topological polar surface area (TPSA) is 76.1 Å². The summed E-state index contributed by atoms with van der Waals surface area (Å²) in [4.78, 5) is 11.1. The van der Waals surface area contributed by atoms with Gasteiger partial charge in [-0.3, -0.25) is 9.36 Å². The molecule has 122 valence electrons. The first kappa shape index (κ1) is 17.0. The van der Waals surface area contributed by atoms with Gasteiger partial charge in [0, 0.05) is 6.54 Å². The molecule has 0 amide bonds. The van der Waals surface area contributed by atoms with Crippen molar-refractivity contribution in [3.05, 3.63) is 24.3 Å². The average molecular weight is 327 g/mol. The van der Waals surface area contributed by atoms with Crippen LogP contribution in [0.25, 0.3) is 0 Å². The summed E-state index contributed by atoms with van der Waals surface area (Å²) in [6.07, 6.45) is 3.64. The van der Waals surface area contributed by atoms with Crippen molar-refractivity contribution in [1.82, 2.24) is 4.67 Å². The molecular formula is C15H22NO5P. The maximum atomic E-state index is 13.4. The Balaban J connectivity index is 2.35. The molecule has 1 unspecified atom stereocenters. The highest BCUT2D eigenvalue weighted by Gasteiger charge is 2.35. The molecule has 1 heterocycles. The van der Waals surface area contributed by atoms with E-state index in [1.165, 1.54) is 4.67 Å². The van der Waals surface area contributed by atoms with E-state index in [0.717, 1.165) is 25.7 Å². The van der Waals surface area contributed by atoms with Crippen LogP contribution in [0.15, 0.2) is 24.3 Å². The standard InChI is InChI=1S/C15H22NO5P/c1-20-13-6-8-14(9-7-13)22(19)16(12-15(17)18)10-4-2-3-5-11-21-22/h6-9H,2-5,10-12H2,1H3,(H,17,18). The molecule has 2 rings (SSSR count). The zero-order valence-electron chi connectivity index (χ0n) is 12.7. The number of hydrogen-bond acceptors (Lipinski definition) is 4. The molecule has 0 aromatic heterocycles. The molecule has 0 spiro atoms. The molecule has 1 aliphatic heterocycles. The Kier molecular flexibility index (Phi) is 6.00. The number of ether oxygens (including phenoxy) is 1. The van der Waals surface area contributed by atoms with E-state index in [9.17, 15) is 9.36 Å².